The molecule has 30 heavy (non-hydrogen) atoms. The van der Waals surface area contributed by atoms with Crippen molar-refractivity contribution in [1.29, 1.82) is 0 Å². The van der Waals surface area contributed by atoms with Crippen LogP contribution in [-0.2, 0) is 20.8 Å². The molecule has 2 unspecified atom stereocenters. The van der Waals surface area contributed by atoms with E-state index in [4.69, 9.17) is 4.42 Å². The molecule has 2 atom stereocenters. The summed E-state index contributed by atoms with van der Waals surface area (Å²) in [6.07, 6.45) is 0.167. The minimum Gasteiger partial charge on any atom is -0.504 e. The quantitative estimate of drug-likeness (QED) is 0.309. The number of carbonyl (C=O) groups excluding carboxylic acids is 2. The van der Waals surface area contributed by atoms with Crippen molar-refractivity contribution in [1.82, 2.24) is 10.6 Å². The molecule has 0 spiro atoms. The number of benzene rings is 1. The fourth-order valence-electron chi connectivity index (χ4n) is 2.94. The zero-order valence-corrected chi connectivity index (χ0v) is 16.8. The molecule has 0 fully saturated rings. The molecule has 0 aliphatic rings. The summed E-state index contributed by atoms with van der Waals surface area (Å²) < 4.78 is 5.04. The van der Waals surface area contributed by atoms with Gasteiger partial charge in [0, 0.05) is 5.39 Å². The molecule has 10 heteroatoms. The van der Waals surface area contributed by atoms with E-state index < -0.39 is 47.5 Å². The van der Waals surface area contributed by atoms with E-state index in [2.05, 4.69) is 10.6 Å². The Morgan fingerprint density at radius 1 is 1.17 bits per heavy atom. The predicted molar refractivity (Wildman–Crippen MR) is 106 cm³/mol. The SMILES string of the molecule is CCC(C)C(NC(=O)CNC(=O)Cc1c(C)c2ccc(O)c(O)c2oc1=O)C(=O)O. The van der Waals surface area contributed by atoms with E-state index in [1.165, 1.54) is 12.1 Å². The molecule has 2 rings (SSSR count). The summed E-state index contributed by atoms with van der Waals surface area (Å²) in [7, 11) is 0. The Bertz CT molecular complexity index is 1040. The van der Waals surface area contributed by atoms with Gasteiger partial charge >= 0.3 is 11.6 Å². The van der Waals surface area contributed by atoms with Gasteiger partial charge in [0.15, 0.2) is 11.3 Å². The van der Waals surface area contributed by atoms with Gasteiger partial charge in [0.05, 0.1) is 18.5 Å². The first-order valence-corrected chi connectivity index (χ1v) is 9.32. The zero-order valence-electron chi connectivity index (χ0n) is 16.8. The van der Waals surface area contributed by atoms with Crippen molar-refractivity contribution in [2.75, 3.05) is 6.54 Å². The fraction of sp³-hybridized carbons (Fsp3) is 0.400. The highest BCUT2D eigenvalue weighted by molar-refractivity contribution is 5.91. The third kappa shape index (κ3) is 4.88. The van der Waals surface area contributed by atoms with Crippen molar-refractivity contribution >= 4 is 28.8 Å². The number of aryl methyl sites for hydroxylation is 1. The summed E-state index contributed by atoms with van der Waals surface area (Å²) in [6.45, 7) is 4.60. The fourth-order valence-corrected chi connectivity index (χ4v) is 2.94. The first-order chi connectivity index (χ1) is 14.1. The molecule has 1 aromatic carbocycles. The molecule has 0 saturated heterocycles. The number of nitrogens with one attached hydrogen (secondary N) is 2. The predicted octanol–water partition coefficient (Wildman–Crippen LogP) is 0.787. The number of rotatable bonds is 8. The molecule has 0 saturated carbocycles. The highest BCUT2D eigenvalue weighted by Crippen LogP contribution is 2.34. The lowest BCUT2D eigenvalue weighted by molar-refractivity contribution is -0.143. The van der Waals surface area contributed by atoms with Gasteiger partial charge in [0.1, 0.15) is 6.04 Å². The van der Waals surface area contributed by atoms with Gasteiger partial charge in [-0.05, 0) is 30.5 Å². The molecule has 5 N–H and O–H groups in total. The first-order valence-electron chi connectivity index (χ1n) is 9.32. The Kier molecular flexibility index (Phi) is 7.04. The Morgan fingerprint density at radius 3 is 2.43 bits per heavy atom. The van der Waals surface area contributed by atoms with Crippen LogP contribution in [0.2, 0.25) is 0 Å². The van der Waals surface area contributed by atoms with E-state index in [9.17, 15) is 34.5 Å². The summed E-state index contributed by atoms with van der Waals surface area (Å²) >= 11 is 0. The monoisotopic (exact) mass is 420 g/mol. The third-order valence-electron chi connectivity index (χ3n) is 4.99. The number of fused-ring (bicyclic) bond motifs is 1. The molecular weight excluding hydrogens is 396 g/mol. The normalized spacial score (nSPS) is 12.9. The number of carbonyl (C=O) groups is 3. The smallest absolute Gasteiger partial charge is 0.340 e. The average Bonchev–Trinajstić information content (AvgIpc) is 2.70. The Balaban J connectivity index is 2.09. The topological polar surface area (TPSA) is 166 Å². The lowest BCUT2D eigenvalue weighted by Gasteiger charge is -2.20. The second-order valence-corrected chi connectivity index (χ2v) is 7.03. The van der Waals surface area contributed by atoms with Crippen LogP contribution in [0.5, 0.6) is 11.5 Å². The number of phenols is 2. The van der Waals surface area contributed by atoms with E-state index in [0.29, 0.717) is 17.4 Å². The van der Waals surface area contributed by atoms with Crippen LogP contribution >= 0.6 is 0 Å². The highest BCUT2D eigenvalue weighted by atomic mass is 16.4. The van der Waals surface area contributed by atoms with Crippen LogP contribution in [0.15, 0.2) is 21.3 Å². The van der Waals surface area contributed by atoms with Gasteiger partial charge in [0.25, 0.3) is 0 Å². The molecule has 0 bridgehead atoms. The molecule has 0 aliphatic heterocycles. The van der Waals surface area contributed by atoms with Crippen LogP contribution in [0.1, 0.15) is 31.4 Å². The van der Waals surface area contributed by atoms with Gasteiger partial charge in [0.2, 0.25) is 17.6 Å². The van der Waals surface area contributed by atoms with Crippen molar-refractivity contribution < 1.29 is 34.1 Å². The molecule has 0 aliphatic carbocycles. The number of carboxylic acid groups (broad SMARTS) is 1. The van der Waals surface area contributed by atoms with E-state index in [-0.39, 0.29) is 23.5 Å². The van der Waals surface area contributed by atoms with Gasteiger partial charge in [-0.25, -0.2) is 9.59 Å². The highest BCUT2D eigenvalue weighted by Gasteiger charge is 2.25. The van der Waals surface area contributed by atoms with Crippen LogP contribution in [-0.4, -0.2) is 45.7 Å². The maximum Gasteiger partial charge on any atom is 0.340 e. The lowest BCUT2D eigenvalue weighted by atomic mass is 9.99. The molecule has 2 aromatic rings. The van der Waals surface area contributed by atoms with Crippen molar-refractivity contribution in [3.8, 4) is 11.5 Å². The second-order valence-electron chi connectivity index (χ2n) is 7.03. The molecule has 0 radical (unpaired) electrons. The molecule has 1 aromatic heterocycles. The van der Waals surface area contributed by atoms with E-state index in [1.54, 1.807) is 20.8 Å². The number of carboxylic acids is 1. The van der Waals surface area contributed by atoms with Crippen LogP contribution in [0.25, 0.3) is 11.0 Å². The Labute approximate surface area is 171 Å². The van der Waals surface area contributed by atoms with Crippen molar-refractivity contribution in [2.45, 2.75) is 39.7 Å². The Morgan fingerprint density at radius 2 is 1.83 bits per heavy atom. The lowest BCUT2D eigenvalue weighted by Crippen LogP contribution is -2.48. The van der Waals surface area contributed by atoms with Gasteiger partial charge in [-0.2, -0.15) is 0 Å². The first kappa shape index (κ1) is 22.7. The standard InChI is InChI=1S/C20H24N2O8/c1-4-9(2)16(19(27)28)22-15(25)8-21-14(24)7-12-10(3)11-5-6-13(23)17(26)18(11)30-20(12)29/h5-6,9,16,23,26H,4,7-8H2,1-3H3,(H,21,24)(H,22,25)(H,27,28). The summed E-state index contributed by atoms with van der Waals surface area (Å²) in [5.41, 5.74) is -0.624. The average molecular weight is 420 g/mol. The van der Waals surface area contributed by atoms with Gasteiger partial charge in [-0.15, -0.1) is 0 Å². The van der Waals surface area contributed by atoms with Crippen LogP contribution < -0.4 is 16.3 Å². The van der Waals surface area contributed by atoms with E-state index >= 15 is 0 Å². The summed E-state index contributed by atoms with van der Waals surface area (Å²) in [4.78, 5) is 47.7. The van der Waals surface area contributed by atoms with Gasteiger partial charge in [-0.3, -0.25) is 9.59 Å². The van der Waals surface area contributed by atoms with Crippen LogP contribution in [0.4, 0.5) is 0 Å². The van der Waals surface area contributed by atoms with Gasteiger partial charge in [-0.1, -0.05) is 20.3 Å². The number of amides is 2. The van der Waals surface area contributed by atoms with Crippen molar-refractivity contribution in [3.05, 3.63) is 33.7 Å². The molecule has 2 amide bonds. The number of hydrogen-bond donors (Lipinski definition) is 5. The molecule has 1 heterocycles. The summed E-state index contributed by atoms with van der Waals surface area (Å²) in [5, 5.41) is 33.6. The van der Waals surface area contributed by atoms with Crippen LogP contribution in [0.3, 0.4) is 0 Å². The second kappa shape index (κ2) is 9.29. The zero-order chi connectivity index (χ0) is 22.6. The molecular formula is C20H24N2O8. The van der Waals surface area contributed by atoms with Gasteiger partial charge < -0.3 is 30.4 Å². The number of phenolic OH excluding ortho intramolecular Hbond substituents is 2. The van der Waals surface area contributed by atoms with Crippen molar-refractivity contribution in [3.63, 3.8) is 0 Å². The minimum absolute atomic E-state index is 0.0357. The maximum absolute atomic E-state index is 12.2. The number of aliphatic carboxylic acids is 1. The summed E-state index contributed by atoms with van der Waals surface area (Å²) in [6, 6.07) is 1.60. The van der Waals surface area contributed by atoms with Crippen LogP contribution in [0, 0.1) is 12.8 Å². The minimum atomic E-state index is -1.16. The number of aromatic hydroxyl groups is 2. The van der Waals surface area contributed by atoms with E-state index in [1.807, 2.05) is 0 Å². The largest absolute Gasteiger partial charge is 0.504 e. The van der Waals surface area contributed by atoms with Crippen molar-refractivity contribution in [2.24, 2.45) is 5.92 Å². The third-order valence-corrected chi connectivity index (χ3v) is 4.99. The summed E-state index contributed by atoms with van der Waals surface area (Å²) in [5.74, 6) is -3.78. The maximum atomic E-state index is 12.2. The van der Waals surface area contributed by atoms with E-state index in [0.717, 1.165) is 0 Å². The molecule has 10 nitrogen and oxygen atoms in total. The molecule has 162 valence electrons. The number of hydrogen-bond acceptors (Lipinski definition) is 7. The Hall–Kier alpha value is -3.56.